The van der Waals surface area contributed by atoms with Gasteiger partial charge in [0.15, 0.2) is 11.5 Å². The maximum Gasteiger partial charge on any atom is 0.335 e. The largest absolute Gasteiger partial charge is 0.493 e. The van der Waals surface area contributed by atoms with Gasteiger partial charge in [-0.05, 0) is 56.0 Å². The summed E-state index contributed by atoms with van der Waals surface area (Å²) in [5.74, 6) is 1.01. The average molecular weight is 463 g/mol. The minimum Gasteiger partial charge on any atom is -0.493 e. The van der Waals surface area contributed by atoms with Gasteiger partial charge < -0.3 is 24.4 Å². The molecule has 2 aromatic carbocycles. The number of anilines is 3. The van der Waals surface area contributed by atoms with E-state index < -0.39 is 5.97 Å². The highest BCUT2D eigenvalue weighted by molar-refractivity contribution is 5.89. The molecule has 0 amide bonds. The van der Waals surface area contributed by atoms with Gasteiger partial charge in [0.1, 0.15) is 0 Å². The van der Waals surface area contributed by atoms with Crippen LogP contribution in [0.3, 0.4) is 0 Å². The van der Waals surface area contributed by atoms with Crippen LogP contribution in [0.15, 0.2) is 54.9 Å². The summed E-state index contributed by atoms with van der Waals surface area (Å²) in [5.41, 5.74) is 2.71. The van der Waals surface area contributed by atoms with Crippen molar-refractivity contribution in [2.24, 2.45) is 0 Å². The van der Waals surface area contributed by atoms with Crippen LogP contribution in [0.4, 0.5) is 17.3 Å². The molecule has 178 valence electrons. The predicted molar refractivity (Wildman–Crippen MR) is 131 cm³/mol. The van der Waals surface area contributed by atoms with E-state index in [1.807, 2.05) is 48.2 Å². The molecule has 3 aromatic rings. The molecule has 1 aliphatic rings. The minimum absolute atomic E-state index is 0.180. The molecule has 1 heterocycles. The Hall–Kier alpha value is -3.81. The number of hydrogen-bond donors (Lipinski definition) is 1. The Balaban J connectivity index is 1.72. The Kier molecular flexibility index (Phi) is 7.15. The van der Waals surface area contributed by atoms with Crippen molar-refractivity contribution < 1.29 is 19.4 Å². The molecule has 0 spiro atoms. The molecule has 1 fully saturated rings. The lowest BCUT2D eigenvalue weighted by molar-refractivity contribution is 0.0697. The summed E-state index contributed by atoms with van der Waals surface area (Å²) in [7, 11) is 5.41. The lowest BCUT2D eigenvalue weighted by atomic mass is 10.1. The number of aromatic nitrogens is 2. The summed E-state index contributed by atoms with van der Waals surface area (Å²) in [4.78, 5) is 24.3. The fourth-order valence-corrected chi connectivity index (χ4v) is 4.09. The van der Waals surface area contributed by atoms with E-state index in [0.29, 0.717) is 24.0 Å². The van der Waals surface area contributed by atoms with Crippen LogP contribution in [-0.4, -0.2) is 48.4 Å². The standard InChI is InChI=1S/C26H30N4O4/c1-29(2)26-27-15-18(16-28-26)17-30(20-8-6-7-19(13-20)25(31)32)21-11-12-23(33-3)24(14-21)34-22-9-4-5-10-22/h6-8,11-16,22H,4-5,9-10,17H2,1-3H3,(H,31,32). The number of carbonyl (C=O) groups is 1. The van der Waals surface area contributed by atoms with Gasteiger partial charge in [-0.1, -0.05) is 6.07 Å². The Morgan fingerprint density at radius 3 is 2.38 bits per heavy atom. The second-order valence-electron chi connectivity index (χ2n) is 8.59. The Bertz CT molecular complexity index is 1130. The molecule has 0 saturated heterocycles. The summed E-state index contributed by atoms with van der Waals surface area (Å²) in [5, 5.41) is 9.53. The van der Waals surface area contributed by atoms with Crippen molar-refractivity contribution >= 4 is 23.3 Å². The third-order valence-corrected chi connectivity index (χ3v) is 5.89. The number of nitrogens with zero attached hydrogens (tertiary/aromatic N) is 4. The van der Waals surface area contributed by atoms with Gasteiger partial charge in [0.2, 0.25) is 5.95 Å². The Morgan fingerprint density at radius 2 is 1.74 bits per heavy atom. The summed E-state index contributed by atoms with van der Waals surface area (Å²) in [6, 6.07) is 12.7. The summed E-state index contributed by atoms with van der Waals surface area (Å²) in [6.07, 6.45) is 8.17. The van der Waals surface area contributed by atoms with Gasteiger partial charge >= 0.3 is 5.97 Å². The smallest absolute Gasteiger partial charge is 0.335 e. The van der Waals surface area contributed by atoms with Crippen molar-refractivity contribution in [1.29, 1.82) is 0 Å². The number of aromatic carboxylic acids is 1. The molecule has 0 atom stereocenters. The maximum atomic E-state index is 11.6. The first-order valence-corrected chi connectivity index (χ1v) is 11.4. The number of methoxy groups -OCH3 is 1. The van der Waals surface area contributed by atoms with Gasteiger partial charge in [-0.15, -0.1) is 0 Å². The van der Waals surface area contributed by atoms with Crippen LogP contribution in [0, 0.1) is 0 Å². The molecule has 1 saturated carbocycles. The van der Waals surface area contributed by atoms with Gasteiger partial charge in [-0.2, -0.15) is 0 Å². The molecule has 8 heteroatoms. The van der Waals surface area contributed by atoms with Crippen molar-refractivity contribution in [1.82, 2.24) is 9.97 Å². The fourth-order valence-electron chi connectivity index (χ4n) is 4.09. The van der Waals surface area contributed by atoms with Gasteiger partial charge in [-0.3, -0.25) is 0 Å². The molecule has 0 bridgehead atoms. The molecule has 8 nitrogen and oxygen atoms in total. The molecule has 1 aliphatic carbocycles. The number of benzene rings is 2. The molecule has 0 aliphatic heterocycles. The molecule has 1 N–H and O–H groups in total. The highest BCUT2D eigenvalue weighted by Crippen LogP contribution is 2.38. The first-order chi connectivity index (χ1) is 16.4. The van der Waals surface area contributed by atoms with Crippen molar-refractivity contribution in [2.75, 3.05) is 31.0 Å². The topological polar surface area (TPSA) is 88.0 Å². The van der Waals surface area contributed by atoms with Crippen LogP contribution in [0.25, 0.3) is 0 Å². The first-order valence-electron chi connectivity index (χ1n) is 11.4. The molecule has 4 rings (SSSR count). The predicted octanol–water partition coefficient (Wildman–Crippen LogP) is 4.91. The zero-order valence-corrected chi connectivity index (χ0v) is 19.8. The third kappa shape index (κ3) is 5.39. The van der Waals surface area contributed by atoms with E-state index >= 15 is 0 Å². The first kappa shape index (κ1) is 23.4. The summed E-state index contributed by atoms with van der Waals surface area (Å²) >= 11 is 0. The number of carboxylic acids is 1. The van der Waals surface area contributed by atoms with E-state index in [1.54, 1.807) is 37.7 Å². The molecular weight excluding hydrogens is 432 g/mol. The summed E-state index contributed by atoms with van der Waals surface area (Å²) in [6.45, 7) is 0.450. The number of ether oxygens (including phenoxy) is 2. The normalized spacial score (nSPS) is 13.5. The average Bonchev–Trinajstić information content (AvgIpc) is 3.36. The van der Waals surface area contributed by atoms with Gasteiger partial charge in [0.05, 0.1) is 25.3 Å². The van der Waals surface area contributed by atoms with E-state index in [1.165, 1.54) is 12.8 Å². The van der Waals surface area contributed by atoms with E-state index in [2.05, 4.69) is 9.97 Å². The highest BCUT2D eigenvalue weighted by Gasteiger charge is 2.21. The van der Waals surface area contributed by atoms with Crippen molar-refractivity contribution in [3.63, 3.8) is 0 Å². The zero-order chi connectivity index (χ0) is 24.1. The van der Waals surface area contributed by atoms with Crippen molar-refractivity contribution in [3.05, 3.63) is 66.0 Å². The SMILES string of the molecule is COc1ccc(N(Cc2cnc(N(C)C)nc2)c2cccc(C(=O)O)c2)cc1OC1CCCC1. The molecule has 1 aromatic heterocycles. The van der Waals surface area contributed by atoms with Gasteiger partial charge in [0, 0.05) is 49.5 Å². The van der Waals surface area contributed by atoms with Crippen LogP contribution in [0.1, 0.15) is 41.6 Å². The minimum atomic E-state index is -0.972. The summed E-state index contributed by atoms with van der Waals surface area (Å²) < 4.78 is 11.9. The lowest BCUT2D eigenvalue weighted by Crippen LogP contribution is -2.19. The fraction of sp³-hybridized carbons (Fsp3) is 0.346. The lowest BCUT2D eigenvalue weighted by Gasteiger charge is -2.27. The molecule has 0 radical (unpaired) electrons. The molecular formula is C26H30N4O4. The van der Waals surface area contributed by atoms with Crippen molar-refractivity contribution in [3.8, 4) is 11.5 Å². The van der Waals surface area contributed by atoms with E-state index in [4.69, 9.17) is 9.47 Å². The number of rotatable bonds is 9. The number of carboxylic acid groups (broad SMARTS) is 1. The highest BCUT2D eigenvalue weighted by atomic mass is 16.5. The Labute approximate surface area is 199 Å². The van der Waals surface area contributed by atoms with Gasteiger partial charge in [0.25, 0.3) is 0 Å². The van der Waals surface area contributed by atoms with Gasteiger partial charge in [-0.25, -0.2) is 14.8 Å². The van der Waals surface area contributed by atoms with Crippen LogP contribution in [0.5, 0.6) is 11.5 Å². The van der Waals surface area contributed by atoms with E-state index in [0.717, 1.165) is 29.8 Å². The Morgan fingerprint density at radius 1 is 1.03 bits per heavy atom. The molecule has 0 unspecified atom stereocenters. The van der Waals surface area contributed by atoms with Crippen molar-refractivity contribution in [2.45, 2.75) is 38.3 Å². The third-order valence-electron chi connectivity index (χ3n) is 5.89. The number of hydrogen-bond acceptors (Lipinski definition) is 7. The van der Waals surface area contributed by atoms with E-state index in [9.17, 15) is 9.90 Å². The van der Waals surface area contributed by atoms with Crippen LogP contribution < -0.4 is 19.3 Å². The van der Waals surface area contributed by atoms with E-state index in [-0.39, 0.29) is 11.7 Å². The second-order valence-corrected chi connectivity index (χ2v) is 8.59. The monoisotopic (exact) mass is 462 g/mol. The maximum absolute atomic E-state index is 11.6. The van der Waals surface area contributed by atoms with Crippen LogP contribution >= 0.6 is 0 Å². The zero-order valence-electron chi connectivity index (χ0n) is 19.8. The molecule has 34 heavy (non-hydrogen) atoms. The van der Waals surface area contributed by atoms with Crippen LogP contribution in [-0.2, 0) is 6.54 Å². The van der Waals surface area contributed by atoms with Crippen LogP contribution in [0.2, 0.25) is 0 Å². The second kappa shape index (κ2) is 10.4. The quantitative estimate of drug-likeness (QED) is 0.480.